The summed E-state index contributed by atoms with van der Waals surface area (Å²) >= 11 is 0. The zero-order valence-electron chi connectivity index (χ0n) is 17.5. The van der Waals surface area contributed by atoms with E-state index in [1.165, 1.54) is 0 Å². The van der Waals surface area contributed by atoms with Crippen molar-refractivity contribution in [3.05, 3.63) is 83.3 Å². The van der Waals surface area contributed by atoms with Gasteiger partial charge in [-0.2, -0.15) is 5.10 Å². The lowest BCUT2D eigenvalue weighted by atomic mass is 9.82. The molecule has 0 amide bonds. The fourth-order valence-corrected chi connectivity index (χ4v) is 4.33. The van der Waals surface area contributed by atoms with Crippen LogP contribution in [-0.2, 0) is 17.8 Å². The van der Waals surface area contributed by atoms with Gasteiger partial charge in [0.1, 0.15) is 5.75 Å². The maximum absolute atomic E-state index is 13.0. The van der Waals surface area contributed by atoms with Gasteiger partial charge < -0.3 is 9.47 Å². The van der Waals surface area contributed by atoms with Crippen molar-refractivity contribution >= 4 is 11.4 Å². The number of hydrogen-bond acceptors (Lipinski definition) is 5. The predicted molar refractivity (Wildman–Crippen MR) is 118 cm³/mol. The minimum Gasteiger partial charge on any atom is -0.497 e. The van der Waals surface area contributed by atoms with Crippen LogP contribution in [0.3, 0.4) is 0 Å². The molecule has 2 heterocycles. The molecule has 0 spiro atoms. The highest BCUT2D eigenvalue weighted by Gasteiger charge is 2.29. The van der Waals surface area contributed by atoms with Crippen molar-refractivity contribution in [2.75, 3.05) is 14.2 Å². The van der Waals surface area contributed by atoms with Gasteiger partial charge in [-0.25, -0.2) is 9.50 Å². The molecule has 156 valence electrons. The molecule has 1 atom stereocenters. The van der Waals surface area contributed by atoms with Crippen molar-refractivity contribution in [3.8, 4) is 16.9 Å². The summed E-state index contributed by atoms with van der Waals surface area (Å²) in [7, 11) is 3.30. The van der Waals surface area contributed by atoms with Crippen LogP contribution in [0.4, 0.5) is 0 Å². The van der Waals surface area contributed by atoms with E-state index in [0.717, 1.165) is 39.5 Å². The standard InChI is InChI=1S/C25H23N3O3/c1-30-15-22-24(17-6-4-3-5-7-17)25-26-21-12-18(16-8-10-19(31-2)11-9-16)13-23(29)20(21)14-28(25)27-22/h3-11,14,18H,12-13,15H2,1-2H3. The Bertz CT molecular complexity index is 1250. The van der Waals surface area contributed by atoms with Gasteiger partial charge in [0.2, 0.25) is 0 Å². The Hall–Kier alpha value is -3.51. The van der Waals surface area contributed by atoms with E-state index in [-0.39, 0.29) is 11.7 Å². The molecule has 1 aliphatic rings. The molecule has 6 nitrogen and oxygen atoms in total. The van der Waals surface area contributed by atoms with Gasteiger partial charge in [-0.3, -0.25) is 4.79 Å². The average Bonchev–Trinajstić information content (AvgIpc) is 3.15. The molecule has 4 aromatic rings. The van der Waals surface area contributed by atoms with Crippen LogP contribution in [-0.4, -0.2) is 34.6 Å². The molecule has 0 N–H and O–H groups in total. The average molecular weight is 413 g/mol. The molecular formula is C25H23N3O3. The second-order valence-corrected chi connectivity index (χ2v) is 7.79. The molecule has 0 radical (unpaired) electrons. The number of fused-ring (bicyclic) bond motifs is 2. The zero-order chi connectivity index (χ0) is 21.4. The van der Waals surface area contributed by atoms with E-state index in [4.69, 9.17) is 14.5 Å². The molecule has 5 rings (SSSR count). The van der Waals surface area contributed by atoms with Crippen LogP contribution in [0.15, 0.2) is 60.8 Å². The van der Waals surface area contributed by atoms with Crippen molar-refractivity contribution in [2.24, 2.45) is 0 Å². The van der Waals surface area contributed by atoms with Gasteiger partial charge in [-0.1, -0.05) is 42.5 Å². The number of Topliss-reactive ketones (excluding diaryl/α,β-unsaturated/α-hetero) is 1. The smallest absolute Gasteiger partial charge is 0.166 e. The number of nitrogens with zero attached hydrogens (tertiary/aromatic N) is 3. The molecule has 1 aliphatic carbocycles. The fourth-order valence-electron chi connectivity index (χ4n) is 4.33. The summed E-state index contributed by atoms with van der Waals surface area (Å²) in [5.74, 6) is 1.01. The summed E-state index contributed by atoms with van der Waals surface area (Å²) in [5.41, 5.74) is 6.14. The van der Waals surface area contributed by atoms with Crippen LogP contribution < -0.4 is 4.74 Å². The lowest BCUT2D eigenvalue weighted by Crippen LogP contribution is -2.21. The summed E-state index contributed by atoms with van der Waals surface area (Å²) < 4.78 is 12.4. The fraction of sp³-hybridized carbons (Fsp3) is 0.240. The van der Waals surface area contributed by atoms with Crippen LogP contribution in [0.2, 0.25) is 0 Å². The van der Waals surface area contributed by atoms with E-state index in [1.54, 1.807) is 18.7 Å². The zero-order valence-corrected chi connectivity index (χ0v) is 17.5. The van der Waals surface area contributed by atoms with Gasteiger partial charge in [0.05, 0.1) is 36.2 Å². The Morgan fingerprint density at radius 3 is 2.52 bits per heavy atom. The van der Waals surface area contributed by atoms with Gasteiger partial charge >= 0.3 is 0 Å². The number of hydrogen-bond donors (Lipinski definition) is 0. The van der Waals surface area contributed by atoms with Crippen LogP contribution in [0.1, 0.15) is 39.6 Å². The minimum absolute atomic E-state index is 0.0986. The van der Waals surface area contributed by atoms with Crippen molar-refractivity contribution in [1.29, 1.82) is 0 Å². The number of methoxy groups -OCH3 is 2. The highest BCUT2D eigenvalue weighted by Crippen LogP contribution is 2.35. The summed E-state index contributed by atoms with van der Waals surface area (Å²) in [6.45, 7) is 0.376. The second kappa shape index (κ2) is 7.96. The number of aromatic nitrogens is 3. The third-order valence-corrected chi connectivity index (χ3v) is 5.86. The number of ether oxygens (including phenoxy) is 2. The second-order valence-electron chi connectivity index (χ2n) is 7.79. The molecule has 0 saturated carbocycles. The molecule has 0 aliphatic heterocycles. The van der Waals surface area contributed by atoms with E-state index in [2.05, 4.69) is 5.10 Å². The van der Waals surface area contributed by atoms with Gasteiger partial charge in [-0.15, -0.1) is 0 Å². The van der Waals surface area contributed by atoms with E-state index in [1.807, 2.05) is 60.8 Å². The number of carbonyl (C=O) groups is 1. The van der Waals surface area contributed by atoms with E-state index in [9.17, 15) is 4.79 Å². The van der Waals surface area contributed by atoms with Crippen molar-refractivity contribution in [1.82, 2.24) is 14.6 Å². The molecule has 6 heteroatoms. The normalized spacial score (nSPS) is 15.8. The topological polar surface area (TPSA) is 65.7 Å². The SMILES string of the molecule is COCc1nn2cc3c(nc2c1-c1ccccc1)CC(c1ccc(OC)cc1)CC3=O. The Kier molecular flexibility index (Phi) is 5.00. The van der Waals surface area contributed by atoms with Gasteiger partial charge in [-0.05, 0) is 35.6 Å². The van der Waals surface area contributed by atoms with Crippen molar-refractivity contribution < 1.29 is 14.3 Å². The quantitative estimate of drug-likeness (QED) is 0.483. The van der Waals surface area contributed by atoms with Gasteiger partial charge in [0.25, 0.3) is 0 Å². The highest BCUT2D eigenvalue weighted by atomic mass is 16.5. The molecule has 0 bridgehead atoms. The molecule has 2 aromatic heterocycles. The number of ketones is 1. The molecule has 0 saturated heterocycles. The van der Waals surface area contributed by atoms with Crippen LogP contribution >= 0.6 is 0 Å². The first-order valence-corrected chi connectivity index (χ1v) is 10.3. The molecule has 2 aromatic carbocycles. The lowest BCUT2D eigenvalue weighted by Gasteiger charge is -2.23. The Labute approximate surface area is 180 Å². The monoisotopic (exact) mass is 413 g/mol. The number of benzene rings is 2. The van der Waals surface area contributed by atoms with E-state index >= 15 is 0 Å². The molecule has 31 heavy (non-hydrogen) atoms. The highest BCUT2D eigenvalue weighted by molar-refractivity contribution is 5.99. The van der Waals surface area contributed by atoms with Crippen molar-refractivity contribution in [3.63, 3.8) is 0 Å². The minimum atomic E-state index is 0.0986. The molecule has 1 unspecified atom stereocenters. The lowest BCUT2D eigenvalue weighted by molar-refractivity contribution is 0.0962. The molecule has 0 fully saturated rings. The van der Waals surface area contributed by atoms with Crippen LogP contribution in [0.5, 0.6) is 5.75 Å². The molecular weight excluding hydrogens is 390 g/mol. The van der Waals surface area contributed by atoms with Crippen LogP contribution in [0.25, 0.3) is 16.8 Å². The maximum Gasteiger partial charge on any atom is 0.166 e. The predicted octanol–water partition coefficient (Wildman–Crippen LogP) is 4.46. The third-order valence-electron chi connectivity index (χ3n) is 5.86. The van der Waals surface area contributed by atoms with E-state index in [0.29, 0.717) is 25.0 Å². The summed E-state index contributed by atoms with van der Waals surface area (Å²) in [4.78, 5) is 17.9. The Morgan fingerprint density at radius 2 is 1.81 bits per heavy atom. The first-order chi connectivity index (χ1) is 15.2. The Balaban J connectivity index is 1.61. The van der Waals surface area contributed by atoms with Gasteiger partial charge in [0.15, 0.2) is 11.4 Å². The number of carbonyl (C=O) groups excluding carboxylic acids is 1. The number of rotatable bonds is 5. The van der Waals surface area contributed by atoms with Crippen LogP contribution in [0, 0.1) is 0 Å². The van der Waals surface area contributed by atoms with Crippen molar-refractivity contribution in [2.45, 2.75) is 25.4 Å². The first kappa shape index (κ1) is 19.5. The summed E-state index contributed by atoms with van der Waals surface area (Å²) in [6.07, 6.45) is 3.00. The largest absolute Gasteiger partial charge is 0.497 e. The summed E-state index contributed by atoms with van der Waals surface area (Å²) in [6, 6.07) is 18.0. The van der Waals surface area contributed by atoms with Gasteiger partial charge in [0, 0.05) is 19.7 Å². The Morgan fingerprint density at radius 1 is 1.03 bits per heavy atom. The maximum atomic E-state index is 13.0. The third kappa shape index (κ3) is 3.49. The summed E-state index contributed by atoms with van der Waals surface area (Å²) in [5, 5.41) is 4.68. The first-order valence-electron chi connectivity index (χ1n) is 10.3. The van der Waals surface area contributed by atoms with E-state index < -0.39 is 0 Å².